The number of likely N-dealkylation sites (tertiary alicyclic amines) is 1. The fourth-order valence-corrected chi connectivity index (χ4v) is 5.34. The van der Waals surface area contributed by atoms with Crippen LogP contribution >= 0.6 is 0 Å². The highest BCUT2D eigenvalue weighted by Crippen LogP contribution is 2.33. The molecule has 178 valence electrons. The number of carbonyl (C=O) groups excluding carboxylic acids is 1. The van der Waals surface area contributed by atoms with Gasteiger partial charge in [-0.1, -0.05) is 24.3 Å². The van der Waals surface area contributed by atoms with Gasteiger partial charge in [0.15, 0.2) is 0 Å². The fraction of sp³-hybridized carbons (Fsp3) is 0.429. The standard InChI is InChI=1S/C28H35N5O/c1-19(2)33-16-14-23(15-17-33)32(3)28(34)29-22-10-12-25-21(18-22)9-13-27(30-25)31-26-11-8-20-6-4-5-7-24(20)26/h4-7,9-10,12-13,18-19,23,26H,8,11,14-17H2,1-3H3,(H,29,34)(H,30,31)/t26-/m1/s1. The number of anilines is 2. The first-order valence-corrected chi connectivity index (χ1v) is 12.5. The molecule has 2 N–H and O–H groups in total. The topological polar surface area (TPSA) is 60.5 Å². The lowest BCUT2D eigenvalue weighted by molar-refractivity contribution is 0.121. The minimum atomic E-state index is -0.0477. The second kappa shape index (κ2) is 9.63. The zero-order valence-corrected chi connectivity index (χ0v) is 20.4. The number of benzene rings is 2. The van der Waals surface area contributed by atoms with Crippen molar-refractivity contribution < 1.29 is 4.79 Å². The van der Waals surface area contributed by atoms with E-state index in [1.54, 1.807) is 0 Å². The number of nitrogens with zero attached hydrogens (tertiary/aromatic N) is 3. The Hall–Kier alpha value is -3.12. The van der Waals surface area contributed by atoms with Crippen molar-refractivity contribution in [3.8, 4) is 0 Å². The molecule has 6 nitrogen and oxygen atoms in total. The van der Waals surface area contributed by atoms with Gasteiger partial charge in [0, 0.05) is 43.3 Å². The number of fused-ring (bicyclic) bond motifs is 2. The summed E-state index contributed by atoms with van der Waals surface area (Å²) in [6.07, 6.45) is 4.24. The Kier molecular flexibility index (Phi) is 6.42. The third-order valence-electron chi connectivity index (χ3n) is 7.49. The predicted molar refractivity (Wildman–Crippen MR) is 139 cm³/mol. The Balaban J connectivity index is 1.22. The van der Waals surface area contributed by atoms with Crippen molar-refractivity contribution in [2.45, 2.75) is 57.7 Å². The first-order valence-electron chi connectivity index (χ1n) is 12.5. The monoisotopic (exact) mass is 457 g/mol. The van der Waals surface area contributed by atoms with Crippen LogP contribution in [-0.2, 0) is 6.42 Å². The molecule has 0 bridgehead atoms. The summed E-state index contributed by atoms with van der Waals surface area (Å²) in [7, 11) is 1.91. The SMILES string of the molecule is CC(C)N1CCC(N(C)C(=O)Nc2ccc3nc(N[C@@H]4CCc5ccccc54)ccc3c2)CC1. The summed E-state index contributed by atoms with van der Waals surface area (Å²) in [5.74, 6) is 0.887. The van der Waals surface area contributed by atoms with Crippen molar-refractivity contribution in [2.75, 3.05) is 30.8 Å². The lowest BCUT2D eigenvalue weighted by Gasteiger charge is -2.38. The molecular weight excluding hydrogens is 422 g/mol. The average molecular weight is 458 g/mol. The van der Waals surface area contributed by atoms with Crippen LogP contribution in [0.3, 0.4) is 0 Å². The highest BCUT2D eigenvalue weighted by atomic mass is 16.2. The van der Waals surface area contributed by atoms with E-state index in [0.29, 0.717) is 12.1 Å². The molecule has 1 atom stereocenters. The Morgan fingerprint density at radius 1 is 1.06 bits per heavy atom. The van der Waals surface area contributed by atoms with E-state index in [2.05, 4.69) is 59.7 Å². The molecule has 5 rings (SSSR count). The van der Waals surface area contributed by atoms with Gasteiger partial charge in [-0.3, -0.25) is 0 Å². The zero-order chi connectivity index (χ0) is 23.7. The summed E-state index contributed by atoms with van der Waals surface area (Å²) < 4.78 is 0. The van der Waals surface area contributed by atoms with Crippen molar-refractivity contribution >= 4 is 28.4 Å². The number of aryl methyl sites for hydroxylation is 1. The number of hydrogen-bond acceptors (Lipinski definition) is 4. The Morgan fingerprint density at radius 3 is 2.65 bits per heavy atom. The van der Waals surface area contributed by atoms with Crippen molar-refractivity contribution in [3.63, 3.8) is 0 Å². The summed E-state index contributed by atoms with van der Waals surface area (Å²) in [5, 5.41) is 7.70. The van der Waals surface area contributed by atoms with E-state index in [4.69, 9.17) is 4.98 Å². The van der Waals surface area contributed by atoms with E-state index < -0.39 is 0 Å². The van der Waals surface area contributed by atoms with Gasteiger partial charge in [-0.25, -0.2) is 9.78 Å². The average Bonchev–Trinajstić information content (AvgIpc) is 3.26. The Morgan fingerprint density at radius 2 is 1.85 bits per heavy atom. The van der Waals surface area contributed by atoms with Crippen LogP contribution in [0.25, 0.3) is 10.9 Å². The summed E-state index contributed by atoms with van der Waals surface area (Å²) in [5.41, 5.74) is 4.53. The quantitative estimate of drug-likeness (QED) is 0.518. The van der Waals surface area contributed by atoms with E-state index in [1.165, 1.54) is 11.1 Å². The molecule has 34 heavy (non-hydrogen) atoms. The van der Waals surface area contributed by atoms with Crippen LogP contribution in [0.1, 0.15) is 50.3 Å². The maximum Gasteiger partial charge on any atom is 0.321 e. The first-order chi connectivity index (χ1) is 16.5. The van der Waals surface area contributed by atoms with Crippen LogP contribution in [0.4, 0.5) is 16.3 Å². The lowest BCUT2D eigenvalue weighted by Crippen LogP contribution is -2.48. The second-order valence-electron chi connectivity index (χ2n) is 9.94. The summed E-state index contributed by atoms with van der Waals surface area (Å²) >= 11 is 0. The van der Waals surface area contributed by atoms with E-state index in [0.717, 1.165) is 61.2 Å². The third-order valence-corrected chi connectivity index (χ3v) is 7.49. The molecule has 2 aromatic carbocycles. The smallest absolute Gasteiger partial charge is 0.321 e. The number of hydrogen-bond donors (Lipinski definition) is 2. The van der Waals surface area contributed by atoms with Crippen molar-refractivity contribution in [3.05, 3.63) is 65.7 Å². The summed E-state index contributed by atoms with van der Waals surface area (Å²) in [4.78, 5) is 22.1. The van der Waals surface area contributed by atoms with Crippen molar-refractivity contribution in [1.29, 1.82) is 0 Å². The van der Waals surface area contributed by atoms with Crippen LogP contribution in [-0.4, -0.2) is 53.0 Å². The fourth-order valence-electron chi connectivity index (χ4n) is 5.34. The molecular formula is C28H35N5O. The van der Waals surface area contributed by atoms with Crippen molar-refractivity contribution in [2.24, 2.45) is 0 Å². The van der Waals surface area contributed by atoms with E-state index in [1.807, 2.05) is 36.2 Å². The minimum Gasteiger partial charge on any atom is -0.363 e. The molecule has 1 fully saturated rings. The molecule has 6 heteroatoms. The largest absolute Gasteiger partial charge is 0.363 e. The number of urea groups is 1. The number of rotatable bonds is 5. The molecule has 1 aromatic heterocycles. The molecule has 2 aliphatic rings. The molecule has 1 saturated heterocycles. The number of pyridine rings is 1. The van der Waals surface area contributed by atoms with Gasteiger partial charge in [-0.15, -0.1) is 0 Å². The summed E-state index contributed by atoms with van der Waals surface area (Å²) in [6, 6.07) is 19.8. The number of aromatic nitrogens is 1. The summed E-state index contributed by atoms with van der Waals surface area (Å²) in [6.45, 7) is 6.56. The lowest BCUT2D eigenvalue weighted by atomic mass is 10.0. The maximum atomic E-state index is 12.9. The van der Waals surface area contributed by atoms with Crippen LogP contribution in [0, 0.1) is 0 Å². The van der Waals surface area contributed by atoms with Gasteiger partial charge in [0.2, 0.25) is 0 Å². The number of carbonyl (C=O) groups is 1. The Bertz CT molecular complexity index is 1170. The molecule has 1 aliphatic carbocycles. The van der Waals surface area contributed by atoms with Gasteiger partial charge in [-0.2, -0.15) is 0 Å². The highest BCUT2D eigenvalue weighted by molar-refractivity contribution is 5.93. The van der Waals surface area contributed by atoms with Gasteiger partial charge in [-0.05, 0) is 81.0 Å². The zero-order valence-electron chi connectivity index (χ0n) is 20.4. The molecule has 3 aromatic rings. The molecule has 0 radical (unpaired) electrons. The molecule has 2 amide bonds. The van der Waals surface area contributed by atoms with Crippen LogP contribution in [0.5, 0.6) is 0 Å². The van der Waals surface area contributed by atoms with Crippen LogP contribution in [0.2, 0.25) is 0 Å². The first kappa shape index (κ1) is 22.7. The molecule has 1 aliphatic heterocycles. The van der Waals surface area contributed by atoms with Gasteiger partial charge < -0.3 is 20.4 Å². The Labute approximate surface area is 202 Å². The predicted octanol–water partition coefficient (Wildman–Crippen LogP) is 5.67. The highest BCUT2D eigenvalue weighted by Gasteiger charge is 2.26. The van der Waals surface area contributed by atoms with Crippen LogP contribution in [0.15, 0.2) is 54.6 Å². The number of nitrogens with one attached hydrogen (secondary N) is 2. The van der Waals surface area contributed by atoms with Gasteiger partial charge in [0.25, 0.3) is 0 Å². The van der Waals surface area contributed by atoms with Gasteiger partial charge >= 0.3 is 6.03 Å². The normalized spacial score (nSPS) is 18.8. The van der Waals surface area contributed by atoms with Crippen molar-refractivity contribution in [1.82, 2.24) is 14.8 Å². The number of piperidine rings is 1. The van der Waals surface area contributed by atoms with E-state index >= 15 is 0 Å². The molecule has 0 spiro atoms. The minimum absolute atomic E-state index is 0.0477. The molecule has 0 unspecified atom stereocenters. The van der Waals surface area contributed by atoms with E-state index in [9.17, 15) is 4.79 Å². The van der Waals surface area contributed by atoms with Gasteiger partial charge in [0.05, 0.1) is 11.6 Å². The van der Waals surface area contributed by atoms with Crippen LogP contribution < -0.4 is 10.6 Å². The van der Waals surface area contributed by atoms with Gasteiger partial charge in [0.1, 0.15) is 5.82 Å². The second-order valence-corrected chi connectivity index (χ2v) is 9.94. The maximum absolute atomic E-state index is 12.9. The third kappa shape index (κ3) is 4.73. The molecule has 0 saturated carbocycles. The number of amides is 2. The molecule has 2 heterocycles. The van der Waals surface area contributed by atoms with E-state index in [-0.39, 0.29) is 12.1 Å².